The third kappa shape index (κ3) is 2.61. The molecule has 0 saturated heterocycles. The molecule has 0 unspecified atom stereocenters. The zero-order valence-corrected chi connectivity index (χ0v) is 9.68. The summed E-state index contributed by atoms with van der Waals surface area (Å²) in [5.41, 5.74) is 2.09. The summed E-state index contributed by atoms with van der Waals surface area (Å²) in [5.74, 6) is 0.454. The first-order valence-electron chi connectivity index (χ1n) is 5.63. The zero-order valence-electron chi connectivity index (χ0n) is 9.68. The van der Waals surface area contributed by atoms with Crippen LogP contribution in [0.2, 0.25) is 0 Å². The van der Waals surface area contributed by atoms with Crippen molar-refractivity contribution < 1.29 is 4.39 Å². The molecule has 1 aromatic heterocycles. The van der Waals surface area contributed by atoms with Crippen LogP contribution in [-0.4, -0.2) is 11.5 Å². The topological polar surface area (TPSA) is 27.8 Å². The summed E-state index contributed by atoms with van der Waals surface area (Å²) in [6.45, 7) is 6.14. The van der Waals surface area contributed by atoms with Gasteiger partial charge in [0, 0.05) is 23.1 Å². The Balaban J connectivity index is 2.08. The Labute approximate surface area is 94.9 Å². The molecular formula is C13H17FN2. The number of rotatable bonds is 4. The van der Waals surface area contributed by atoms with E-state index in [1.54, 1.807) is 12.1 Å². The number of fused-ring (bicyclic) bond motifs is 1. The molecule has 0 saturated carbocycles. The van der Waals surface area contributed by atoms with Crippen LogP contribution in [0.1, 0.15) is 19.5 Å². The van der Waals surface area contributed by atoms with Gasteiger partial charge in [-0.15, -0.1) is 0 Å². The largest absolute Gasteiger partial charge is 0.357 e. The van der Waals surface area contributed by atoms with Gasteiger partial charge in [0.05, 0.1) is 0 Å². The van der Waals surface area contributed by atoms with Gasteiger partial charge in [0.25, 0.3) is 0 Å². The molecule has 0 bridgehead atoms. The SMILES string of the molecule is CC(C)CNCc1cc2cc(F)ccc2[nH]1. The molecular weight excluding hydrogens is 203 g/mol. The minimum absolute atomic E-state index is 0.187. The minimum atomic E-state index is -0.187. The lowest BCUT2D eigenvalue weighted by atomic mass is 10.2. The Kier molecular flexibility index (Phi) is 3.25. The first-order chi connectivity index (χ1) is 7.65. The quantitative estimate of drug-likeness (QED) is 0.814. The highest BCUT2D eigenvalue weighted by molar-refractivity contribution is 5.80. The Morgan fingerprint density at radius 3 is 2.88 bits per heavy atom. The summed E-state index contributed by atoms with van der Waals surface area (Å²) in [6.07, 6.45) is 0. The van der Waals surface area contributed by atoms with Gasteiger partial charge in [0.1, 0.15) is 5.82 Å². The molecule has 2 N–H and O–H groups in total. The molecule has 2 aromatic rings. The fraction of sp³-hybridized carbons (Fsp3) is 0.385. The molecule has 0 aliphatic rings. The summed E-state index contributed by atoms with van der Waals surface area (Å²) >= 11 is 0. The van der Waals surface area contributed by atoms with Crippen LogP contribution in [0.25, 0.3) is 10.9 Å². The predicted molar refractivity (Wildman–Crippen MR) is 64.8 cm³/mol. The summed E-state index contributed by atoms with van der Waals surface area (Å²) in [4.78, 5) is 3.27. The number of aromatic amines is 1. The van der Waals surface area contributed by atoms with E-state index in [-0.39, 0.29) is 5.82 Å². The maximum Gasteiger partial charge on any atom is 0.123 e. The highest BCUT2D eigenvalue weighted by Crippen LogP contribution is 2.16. The van der Waals surface area contributed by atoms with E-state index in [1.165, 1.54) is 6.07 Å². The maximum absolute atomic E-state index is 13.0. The van der Waals surface area contributed by atoms with Crippen molar-refractivity contribution in [1.82, 2.24) is 10.3 Å². The normalized spacial score (nSPS) is 11.5. The van der Waals surface area contributed by atoms with Gasteiger partial charge in [0.15, 0.2) is 0 Å². The summed E-state index contributed by atoms with van der Waals surface area (Å²) < 4.78 is 13.0. The van der Waals surface area contributed by atoms with Crippen molar-refractivity contribution in [1.29, 1.82) is 0 Å². The Morgan fingerprint density at radius 2 is 2.12 bits per heavy atom. The predicted octanol–water partition coefficient (Wildman–Crippen LogP) is 3.05. The van der Waals surface area contributed by atoms with Crippen molar-refractivity contribution in [3.63, 3.8) is 0 Å². The van der Waals surface area contributed by atoms with E-state index in [1.807, 2.05) is 6.07 Å². The number of hydrogen-bond acceptors (Lipinski definition) is 1. The van der Waals surface area contributed by atoms with E-state index < -0.39 is 0 Å². The molecule has 1 heterocycles. The number of aromatic nitrogens is 1. The Morgan fingerprint density at radius 1 is 1.31 bits per heavy atom. The van der Waals surface area contributed by atoms with E-state index in [9.17, 15) is 4.39 Å². The molecule has 0 radical (unpaired) electrons. The van der Waals surface area contributed by atoms with Crippen molar-refractivity contribution in [3.8, 4) is 0 Å². The van der Waals surface area contributed by atoms with Gasteiger partial charge in [-0.2, -0.15) is 0 Å². The molecule has 2 rings (SSSR count). The van der Waals surface area contributed by atoms with Crippen LogP contribution in [0.3, 0.4) is 0 Å². The molecule has 0 aliphatic heterocycles. The molecule has 0 fully saturated rings. The molecule has 16 heavy (non-hydrogen) atoms. The summed E-state index contributed by atoms with van der Waals surface area (Å²) in [6, 6.07) is 6.80. The van der Waals surface area contributed by atoms with Crippen LogP contribution < -0.4 is 5.32 Å². The number of nitrogens with one attached hydrogen (secondary N) is 2. The van der Waals surface area contributed by atoms with Crippen LogP contribution in [0.15, 0.2) is 24.3 Å². The Bertz CT molecular complexity index is 474. The maximum atomic E-state index is 13.0. The third-order valence-corrected chi connectivity index (χ3v) is 2.51. The fourth-order valence-corrected chi connectivity index (χ4v) is 1.75. The second-order valence-electron chi connectivity index (χ2n) is 4.55. The lowest BCUT2D eigenvalue weighted by Gasteiger charge is -2.05. The second kappa shape index (κ2) is 4.66. The molecule has 0 amide bonds. The summed E-state index contributed by atoms with van der Waals surface area (Å²) in [7, 11) is 0. The van der Waals surface area contributed by atoms with Crippen molar-refractivity contribution in [3.05, 3.63) is 35.8 Å². The second-order valence-corrected chi connectivity index (χ2v) is 4.55. The van der Waals surface area contributed by atoms with Crippen LogP contribution in [-0.2, 0) is 6.54 Å². The Hall–Kier alpha value is -1.35. The number of halogens is 1. The first kappa shape index (κ1) is 11.1. The number of benzene rings is 1. The minimum Gasteiger partial charge on any atom is -0.357 e. The van der Waals surface area contributed by atoms with E-state index in [4.69, 9.17) is 0 Å². The number of H-pyrrole nitrogens is 1. The van der Waals surface area contributed by atoms with Crippen molar-refractivity contribution in [2.24, 2.45) is 5.92 Å². The van der Waals surface area contributed by atoms with Gasteiger partial charge in [-0.05, 0) is 36.7 Å². The average Bonchev–Trinajstić information content (AvgIpc) is 2.58. The molecule has 3 heteroatoms. The molecule has 2 nitrogen and oxygen atoms in total. The van der Waals surface area contributed by atoms with E-state index >= 15 is 0 Å². The molecule has 0 spiro atoms. The van der Waals surface area contributed by atoms with Crippen LogP contribution in [0.4, 0.5) is 4.39 Å². The van der Waals surface area contributed by atoms with Gasteiger partial charge < -0.3 is 10.3 Å². The molecule has 0 atom stereocenters. The van der Waals surface area contributed by atoms with Gasteiger partial charge >= 0.3 is 0 Å². The van der Waals surface area contributed by atoms with Crippen LogP contribution in [0.5, 0.6) is 0 Å². The molecule has 1 aromatic carbocycles. The van der Waals surface area contributed by atoms with Gasteiger partial charge in [-0.25, -0.2) is 4.39 Å². The van der Waals surface area contributed by atoms with Crippen LogP contribution >= 0.6 is 0 Å². The van der Waals surface area contributed by atoms with Gasteiger partial charge in [-0.1, -0.05) is 13.8 Å². The lowest BCUT2D eigenvalue weighted by molar-refractivity contribution is 0.549. The molecule has 0 aliphatic carbocycles. The van der Waals surface area contributed by atoms with Crippen LogP contribution in [0, 0.1) is 11.7 Å². The van der Waals surface area contributed by atoms with E-state index in [0.717, 1.165) is 29.7 Å². The monoisotopic (exact) mass is 220 g/mol. The number of hydrogen-bond donors (Lipinski definition) is 2. The van der Waals surface area contributed by atoms with Crippen molar-refractivity contribution in [2.45, 2.75) is 20.4 Å². The zero-order chi connectivity index (χ0) is 11.5. The van der Waals surface area contributed by atoms with E-state index in [2.05, 4.69) is 24.1 Å². The van der Waals surface area contributed by atoms with Crippen molar-refractivity contribution in [2.75, 3.05) is 6.54 Å². The average molecular weight is 220 g/mol. The molecule has 86 valence electrons. The van der Waals surface area contributed by atoms with Gasteiger partial charge in [0.2, 0.25) is 0 Å². The smallest absolute Gasteiger partial charge is 0.123 e. The summed E-state index contributed by atoms with van der Waals surface area (Å²) in [5, 5.41) is 4.28. The lowest BCUT2D eigenvalue weighted by Crippen LogP contribution is -2.18. The van der Waals surface area contributed by atoms with Gasteiger partial charge in [-0.3, -0.25) is 0 Å². The third-order valence-electron chi connectivity index (χ3n) is 2.51. The van der Waals surface area contributed by atoms with E-state index in [0.29, 0.717) is 5.92 Å². The highest BCUT2D eigenvalue weighted by atomic mass is 19.1. The standard InChI is InChI=1S/C13H17FN2/c1-9(2)7-15-8-12-6-10-5-11(14)3-4-13(10)16-12/h3-6,9,15-16H,7-8H2,1-2H3. The fourth-order valence-electron chi connectivity index (χ4n) is 1.75. The van der Waals surface area contributed by atoms with Crippen molar-refractivity contribution >= 4 is 10.9 Å². The first-order valence-corrected chi connectivity index (χ1v) is 5.63. The highest BCUT2D eigenvalue weighted by Gasteiger charge is 2.02.